The van der Waals surface area contributed by atoms with Crippen molar-refractivity contribution in [2.45, 2.75) is 77.7 Å². The van der Waals surface area contributed by atoms with E-state index in [1.54, 1.807) is 12.4 Å². The average molecular weight is 395 g/mol. The molecule has 1 aliphatic heterocycles. The van der Waals surface area contributed by atoms with E-state index in [9.17, 15) is 9.59 Å². The Kier molecular flexibility index (Phi) is 5.32. The Hall–Kier alpha value is -2.43. The summed E-state index contributed by atoms with van der Waals surface area (Å²) < 4.78 is 5.92. The van der Waals surface area contributed by atoms with Crippen LogP contribution in [0.4, 0.5) is 0 Å². The van der Waals surface area contributed by atoms with Gasteiger partial charge in [-0.25, -0.2) is 4.79 Å². The molecule has 1 atom stereocenters. The van der Waals surface area contributed by atoms with E-state index >= 15 is 0 Å². The van der Waals surface area contributed by atoms with Gasteiger partial charge in [-0.05, 0) is 56.1 Å². The minimum atomic E-state index is -0.417. The first-order valence-corrected chi connectivity index (χ1v) is 10.7. The summed E-state index contributed by atoms with van der Waals surface area (Å²) >= 11 is 0. The quantitative estimate of drug-likeness (QED) is 0.761. The van der Waals surface area contributed by atoms with Gasteiger partial charge in [0.05, 0.1) is 5.57 Å². The van der Waals surface area contributed by atoms with Crippen LogP contribution in [-0.4, -0.2) is 22.8 Å². The van der Waals surface area contributed by atoms with Gasteiger partial charge in [-0.3, -0.25) is 9.78 Å². The van der Waals surface area contributed by atoms with Crippen LogP contribution in [0.3, 0.4) is 0 Å². The zero-order chi connectivity index (χ0) is 20.6. The number of esters is 1. The van der Waals surface area contributed by atoms with Gasteiger partial charge < -0.3 is 10.1 Å². The summed E-state index contributed by atoms with van der Waals surface area (Å²) in [5, 5.41) is 3.39. The minimum Gasteiger partial charge on any atom is -0.459 e. The molecule has 0 unspecified atom stereocenters. The first kappa shape index (κ1) is 19.9. The van der Waals surface area contributed by atoms with Gasteiger partial charge in [0.2, 0.25) is 0 Å². The second kappa shape index (κ2) is 7.77. The first-order chi connectivity index (χ1) is 13.9. The van der Waals surface area contributed by atoms with Gasteiger partial charge in [0.15, 0.2) is 5.78 Å². The Balaban J connectivity index is 1.73. The van der Waals surface area contributed by atoms with Crippen molar-refractivity contribution in [3.8, 4) is 0 Å². The largest absolute Gasteiger partial charge is 0.459 e. The number of Topliss-reactive ketones (excluding diaryl/α,β-unsaturated/α-hetero) is 1. The SMILES string of the molecule is CC1=C(C(=O)OC2CCCCC2)[C@@H](c2cccnc2)C2=C(CC(C)(C)CC2=O)N1. The zero-order valence-corrected chi connectivity index (χ0v) is 17.6. The van der Waals surface area contributed by atoms with Crippen LogP contribution in [0, 0.1) is 5.41 Å². The fourth-order valence-corrected chi connectivity index (χ4v) is 4.98. The van der Waals surface area contributed by atoms with Crippen LogP contribution in [0.5, 0.6) is 0 Å². The number of nitrogens with one attached hydrogen (secondary N) is 1. The van der Waals surface area contributed by atoms with Crippen LogP contribution in [-0.2, 0) is 14.3 Å². The molecule has 5 heteroatoms. The number of ketones is 1. The molecule has 5 nitrogen and oxygen atoms in total. The van der Waals surface area contributed by atoms with Crippen molar-refractivity contribution in [2.75, 3.05) is 0 Å². The molecule has 0 spiro atoms. The van der Waals surface area contributed by atoms with Gasteiger partial charge in [0.1, 0.15) is 6.10 Å². The first-order valence-electron chi connectivity index (χ1n) is 10.7. The number of dihydropyridines is 1. The number of hydrogen-bond acceptors (Lipinski definition) is 5. The molecule has 4 rings (SSSR count). The second-order valence-corrected chi connectivity index (χ2v) is 9.38. The van der Waals surface area contributed by atoms with E-state index in [1.807, 2.05) is 19.1 Å². The molecule has 3 aliphatic rings. The number of carbonyl (C=O) groups is 2. The van der Waals surface area contributed by atoms with E-state index in [2.05, 4.69) is 24.1 Å². The molecule has 1 N–H and O–H groups in total. The highest BCUT2D eigenvalue weighted by molar-refractivity contribution is 6.04. The molecule has 0 bridgehead atoms. The number of allylic oxidation sites excluding steroid dienone is 3. The topological polar surface area (TPSA) is 68.3 Å². The predicted octanol–water partition coefficient (Wildman–Crippen LogP) is 4.56. The summed E-state index contributed by atoms with van der Waals surface area (Å²) in [6.07, 6.45) is 9.96. The number of hydrogen-bond donors (Lipinski definition) is 1. The van der Waals surface area contributed by atoms with E-state index in [1.165, 1.54) is 6.42 Å². The van der Waals surface area contributed by atoms with Crippen LogP contribution in [0.1, 0.15) is 77.2 Å². The third-order valence-corrected chi connectivity index (χ3v) is 6.30. The Bertz CT molecular complexity index is 877. The molecule has 0 amide bonds. The number of carbonyl (C=O) groups excluding carboxylic acids is 2. The van der Waals surface area contributed by atoms with E-state index < -0.39 is 5.92 Å². The summed E-state index contributed by atoms with van der Waals surface area (Å²) in [7, 11) is 0. The molecule has 0 aromatic carbocycles. The molecule has 2 aliphatic carbocycles. The highest BCUT2D eigenvalue weighted by atomic mass is 16.5. The van der Waals surface area contributed by atoms with E-state index in [0.717, 1.165) is 49.1 Å². The fourth-order valence-electron chi connectivity index (χ4n) is 4.98. The Morgan fingerprint density at radius 3 is 2.66 bits per heavy atom. The molecule has 0 radical (unpaired) electrons. The fraction of sp³-hybridized carbons (Fsp3) is 0.542. The second-order valence-electron chi connectivity index (χ2n) is 9.38. The molecule has 29 heavy (non-hydrogen) atoms. The lowest BCUT2D eigenvalue weighted by Crippen LogP contribution is -2.39. The lowest BCUT2D eigenvalue weighted by molar-refractivity contribution is -0.146. The Morgan fingerprint density at radius 1 is 1.21 bits per heavy atom. The Morgan fingerprint density at radius 2 is 1.97 bits per heavy atom. The molecule has 1 aromatic rings. The normalized spacial score (nSPS) is 24.8. The summed E-state index contributed by atoms with van der Waals surface area (Å²) in [6.45, 7) is 6.14. The third kappa shape index (κ3) is 4.00. The maximum atomic E-state index is 13.3. The molecule has 0 saturated heterocycles. The molecule has 1 saturated carbocycles. The van der Waals surface area contributed by atoms with Crippen LogP contribution in [0.25, 0.3) is 0 Å². The molecule has 154 valence electrons. The lowest BCUT2D eigenvalue weighted by atomic mass is 9.69. The predicted molar refractivity (Wildman–Crippen MR) is 111 cm³/mol. The third-order valence-electron chi connectivity index (χ3n) is 6.30. The van der Waals surface area contributed by atoms with Crippen molar-refractivity contribution >= 4 is 11.8 Å². The van der Waals surface area contributed by atoms with Crippen LogP contribution in [0.15, 0.2) is 47.1 Å². The van der Waals surface area contributed by atoms with Crippen LogP contribution in [0.2, 0.25) is 0 Å². The summed E-state index contributed by atoms with van der Waals surface area (Å²) in [5.41, 5.74) is 3.75. The van der Waals surface area contributed by atoms with Crippen LogP contribution < -0.4 is 5.32 Å². The van der Waals surface area contributed by atoms with E-state index in [-0.39, 0.29) is 23.3 Å². The smallest absolute Gasteiger partial charge is 0.337 e. The maximum Gasteiger partial charge on any atom is 0.337 e. The highest BCUT2D eigenvalue weighted by Crippen LogP contribution is 2.46. The van der Waals surface area contributed by atoms with Crippen LogP contribution >= 0.6 is 0 Å². The number of aromatic nitrogens is 1. The molecular formula is C24H30N2O3. The summed E-state index contributed by atoms with van der Waals surface area (Å²) in [6, 6.07) is 3.80. The van der Waals surface area contributed by atoms with Gasteiger partial charge in [0.25, 0.3) is 0 Å². The van der Waals surface area contributed by atoms with Gasteiger partial charge >= 0.3 is 5.97 Å². The summed E-state index contributed by atoms with van der Waals surface area (Å²) in [5.74, 6) is -0.618. The number of rotatable bonds is 3. The monoisotopic (exact) mass is 394 g/mol. The highest BCUT2D eigenvalue weighted by Gasteiger charge is 2.43. The Labute approximate surface area is 172 Å². The van der Waals surface area contributed by atoms with Crippen molar-refractivity contribution in [1.29, 1.82) is 0 Å². The molecule has 2 heterocycles. The van der Waals surface area contributed by atoms with Gasteiger partial charge in [-0.15, -0.1) is 0 Å². The zero-order valence-electron chi connectivity index (χ0n) is 17.6. The van der Waals surface area contributed by atoms with Gasteiger partial charge in [0, 0.05) is 41.7 Å². The number of nitrogens with zero attached hydrogens (tertiary/aromatic N) is 1. The number of pyridine rings is 1. The minimum absolute atomic E-state index is 0.0255. The van der Waals surface area contributed by atoms with Crippen molar-refractivity contribution in [3.63, 3.8) is 0 Å². The van der Waals surface area contributed by atoms with Crippen molar-refractivity contribution < 1.29 is 14.3 Å². The molecular weight excluding hydrogens is 364 g/mol. The van der Waals surface area contributed by atoms with E-state index in [0.29, 0.717) is 17.6 Å². The maximum absolute atomic E-state index is 13.3. The summed E-state index contributed by atoms with van der Waals surface area (Å²) in [4.78, 5) is 30.8. The van der Waals surface area contributed by atoms with Crippen molar-refractivity contribution in [3.05, 3.63) is 52.6 Å². The van der Waals surface area contributed by atoms with Crippen molar-refractivity contribution in [2.24, 2.45) is 5.41 Å². The molecule has 1 aromatic heterocycles. The van der Waals surface area contributed by atoms with Gasteiger partial charge in [-0.2, -0.15) is 0 Å². The van der Waals surface area contributed by atoms with Gasteiger partial charge in [-0.1, -0.05) is 26.3 Å². The standard InChI is InChI=1S/C24H30N2O3/c1-15-20(23(28)29-17-9-5-4-6-10-17)21(16-8-7-11-25-14-16)22-18(26-15)12-24(2,3)13-19(22)27/h7-8,11,14,17,21,26H,4-6,9-10,12-13H2,1-3H3/t21-/m1/s1. The molecule has 1 fully saturated rings. The average Bonchev–Trinajstić information content (AvgIpc) is 2.67. The van der Waals surface area contributed by atoms with Crippen molar-refractivity contribution in [1.82, 2.24) is 10.3 Å². The van der Waals surface area contributed by atoms with E-state index in [4.69, 9.17) is 4.74 Å². The number of ether oxygens (including phenoxy) is 1. The lowest BCUT2D eigenvalue weighted by Gasteiger charge is -2.39.